The van der Waals surface area contributed by atoms with Gasteiger partial charge in [-0.15, -0.1) is 0 Å². The quantitative estimate of drug-likeness (QED) is 0.365. The van der Waals surface area contributed by atoms with Crippen molar-refractivity contribution < 1.29 is 14.5 Å². The van der Waals surface area contributed by atoms with Crippen molar-refractivity contribution in [1.29, 1.82) is 0 Å². The highest BCUT2D eigenvalue weighted by Gasteiger charge is 2.15. The average Bonchev–Trinajstić information content (AvgIpc) is 2.41. The van der Waals surface area contributed by atoms with Crippen molar-refractivity contribution in [1.82, 2.24) is 0 Å². The monoisotopic (exact) mass is 275 g/mol. The first-order chi connectivity index (χ1) is 9.66. The fourth-order valence-electron chi connectivity index (χ4n) is 2.15. The molecule has 1 atom stereocenters. The van der Waals surface area contributed by atoms with Gasteiger partial charge in [0.15, 0.2) is 0 Å². The van der Waals surface area contributed by atoms with Gasteiger partial charge >= 0.3 is 5.97 Å². The number of carbonyl (C=O) groups is 1. The van der Waals surface area contributed by atoms with Gasteiger partial charge in [0.2, 0.25) is 0 Å². The van der Waals surface area contributed by atoms with E-state index in [-0.39, 0.29) is 11.8 Å². The third-order valence-corrected chi connectivity index (χ3v) is 3.28. The molecule has 0 spiro atoms. The molecular formula is C15H17NO4. The van der Waals surface area contributed by atoms with Crippen molar-refractivity contribution in [2.45, 2.75) is 38.2 Å². The van der Waals surface area contributed by atoms with E-state index in [0.717, 1.165) is 25.7 Å². The Morgan fingerprint density at radius 2 is 1.95 bits per heavy atom. The molecule has 0 fully saturated rings. The third kappa shape index (κ3) is 3.91. The van der Waals surface area contributed by atoms with Crippen LogP contribution in [0.2, 0.25) is 0 Å². The number of nitro benzene ring substituents is 1. The topological polar surface area (TPSA) is 69.4 Å². The molecule has 0 radical (unpaired) electrons. The van der Waals surface area contributed by atoms with Crippen molar-refractivity contribution in [2.75, 3.05) is 0 Å². The van der Waals surface area contributed by atoms with E-state index in [4.69, 9.17) is 4.74 Å². The van der Waals surface area contributed by atoms with Crippen LogP contribution in [0, 0.1) is 10.1 Å². The predicted octanol–water partition coefficient (Wildman–Crippen LogP) is 3.64. The first-order valence-corrected chi connectivity index (χ1v) is 6.79. The molecule has 1 aromatic carbocycles. The van der Waals surface area contributed by atoms with Crippen LogP contribution in [0.15, 0.2) is 36.4 Å². The zero-order chi connectivity index (χ0) is 14.4. The molecule has 0 N–H and O–H groups in total. The summed E-state index contributed by atoms with van der Waals surface area (Å²) in [6.45, 7) is 0. The van der Waals surface area contributed by atoms with Crippen LogP contribution in [0.1, 0.15) is 42.5 Å². The van der Waals surface area contributed by atoms with Gasteiger partial charge in [0.05, 0.1) is 10.5 Å². The van der Waals surface area contributed by atoms with E-state index >= 15 is 0 Å². The number of hydrogen-bond donors (Lipinski definition) is 0. The van der Waals surface area contributed by atoms with Crippen molar-refractivity contribution in [3.63, 3.8) is 0 Å². The predicted molar refractivity (Wildman–Crippen MR) is 74.5 cm³/mol. The standard InChI is InChI=1S/C15H17NO4/c17-15(12-8-10-13(11-9-12)16(18)19)20-14-6-4-2-1-3-5-7-14/h4,6,8-11,14H,1-3,5,7H2/b6-4+. The lowest BCUT2D eigenvalue weighted by Gasteiger charge is -2.16. The lowest BCUT2D eigenvalue weighted by atomic mass is 10.0. The fraction of sp³-hybridized carbons (Fsp3) is 0.400. The summed E-state index contributed by atoms with van der Waals surface area (Å²) in [5.41, 5.74) is 0.304. The number of non-ortho nitro benzene ring substituents is 1. The molecule has 1 aromatic rings. The van der Waals surface area contributed by atoms with Gasteiger partial charge in [-0.2, -0.15) is 0 Å². The SMILES string of the molecule is O=C(OC1/C=C/CCCCC1)c1ccc([N+](=O)[O-])cc1. The number of allylic oxidation sites excluding steroid dienone is 1. The number of carbonyl (C=O) groups excluding carboxylic acids is 1. The maximum absolute atomic E-state index is 12.0. The zero-order valence-corrected chi connectivity index (χ0v) is 11.2. The molecular weight excluding hydrogens is 258 g/mol. The van der Waals surface area contributed by atoms with Crippen LogP contribution in [0.3, 0.4) is 0 Å². The minimum atomic E-state index is -0.493. The Kier molecular flexibility index (Phi) is 4.87. The molecule has 1 unspecified atom stereocenters. The van der Waals surface area contributed by atoms with Crippen molar-refractivity contribution in [2.24, 2.45) is 0 Å². The average molecular weight is 275 g/mol. The number of nitro groups is 1. The van der Waals surface area contributed by atoms with Gasteiger partial charge in [0.1, 0.15) is 6.10 Å². The van der Waals surface area contributed by atoms with E-state index in [1.807, 2.05) is 12.2 Å². The Labute approximate surface area is 117 Å². The molecule has 5 nitrogen and oxygen atoms in total. The van der Waals surface area contributed by atoms with E-state index in [9.17, 15) is 14.9 Å². The molecule has 1 aliphatic carbocycles. The fourth-order valence-corrected chi connectivity index (χ4v) is 2.15. The minimum Gasteiger partial charge on any atom is -0.455 e. The summed E-state index contributed by atoms with van der Waals surface area (Å²) in [5, 5.41) is 10.5. The molecule has 0 aromatic heterocycles. The van der Waals surface area contributed by atoms with Crippen LogP contribution in [0.25, 0.3) is 0 Å². The molecule has 5 heteroatoms. The van der Waals surface area contributed by atoms with E-state index in [0.29, 0.717) is 5.56 Å². The highest BCUT2D eigenvalue weighted by atomic mass is 16.6. The first kappa shape index (κ1) is 14.2. The Morgan fingerprint density at radius 1 is 1.20 bits per heavy atom. The van der Waals surface area contributed by atoms with Crippen LogP contribution in [0.4, 0.5) is 5.69 Å². The molecule has 0 amide bonds. The number of nitrogens with zero attached hydrogens (tertiary/aromatic N) is 1. The lowest BCUT2D eigenvalue weighted by molar-refractivity contribution is -0.384. The Hall–Kier alpha value is -2.17. The first-order valence-electron chi connectivity index (χ1n) is 6.79. The molecule has 0 saturated carbocycles. The van der Waals surface area contributed by atoms with Gasteiger partial charge in [-0.3, -0.25) is 10.1 Å². The van der Waals surface area contributed by atoms with Gasteiger partial charge < -0.3 is 4.74 Å². The normalized spacial score (nSPS) is 20.5. The van der Waals surface area contributed by atoms with Crippen LogP contribution < -0.4 is 0 Å². The maximum atomic E-state index is 12.0. The van der Waals surface area contributed by atoms with Crippen molar-refractivity contribution in [3.8, 4) is 0 Å². The summed E-state index contributed by atoms with van der Waals surface area (Å²) < 4.78 is 5.42. The number of benzene rings is 1. The molecule has 0 aliphatic heterocycles. The van der Waals surface area contributed by atoms with Gasteiger partial charge in [-0.05, 0) is 43.9 Å². The molecule has 0 heterocycles. The van der Waals surface area contributed by atoms with E-state index < -0.39 is 10.9 Å². The van der Waals surface area contributed by atoms with E-state index in [1.54, 1.807) is 0 Å². The number of hydrogen-bond acceptors (Lipinski definition) is 4. The molecule has 106 valence electrons. The summed E-state index contributed by atoms with van der Waals surface area (Å²) in [6.07, 6.45) is 9.01. The number of esters is 1. The maximum Gasteiger partial charge on any atom is 0.338 e. The zero-order valence-electron chi connectivity index (χ0n) is 11.2. The molecule has 0 saturated heterocycles. The Morgan fingerprint density at radius 3 is 2.65 bits per heavy atom. The third-order valence-electron chi connectivity index (χ3n) is 3.28. The van der Waals surface area contributed by atoms with Gasteiger partial charge in [0.25, 0.3) is 5.69 Å². The summed E-state index contributed by atoms with van der Waals surface area (Å²) in [5.74, 6) is -0.435. The molecule has 1 aliphatic rings. The van der Waals surface area contributed by atoms with Gasteiger partial charge in [-0.25, -0.2) is 4.79 Å². The van der Waals surface area contributed by atoms with E-state index in [2.05, 4.69) is 0 Å². The van der Waals surface area contributed by atoms with E-state index in [1.165, 1.54) is 30.7 Å². The second kappa shape index (κ2) is 6.84. The smallest absolute Gasteiger partial charge is 0.338 e. The van der Waals surface area contributed by atoms with Gasteiger partial charge in [-0.1, -0.05) is 12.5 Å². The van der Waals surface area contributed by atoms with Crippen LogP contribution in [-0.2, 0) is 4.74 Å². The highest BCUT2D eigenvalue weighted by Crippen LogP contribution is 2.17. The number of ether oxygens (including phenoxy) is 1. The van der Waals surface area contributed by atoms with Crippen LogP contribution >= 0.6 is 0 Å². The molecule has 20 heavy (non-hydrogen) atoms. The Balaban J connectivity index is 1.99. The second-order valence-corrected chi connectivity index (χ2v) is 4.81. The van der Waals surface area contributed by atoms with Gasteiger partial charge in [0, 0.05) is 12.1 Å². The highest BCUT2D eigenvalue weighted by molar-refractivity contribution is 5.89. The summed E-state index contributed by atoms with van der Waals surface area (Å²) in [6, 6.07) is 5.47. The number of rotatable bonds is 3. The molecule has 2 rings (SSSR count). The largest absolute Gasteiger partial charge is 0.455 e. The lowest BCUT2D eigenvalue weighted by Crippen LogP contribution is -2.17. The van der Waals surface area contributed by atoms with Crippen LogP contribution in [-0.4, -0.2) is 17.0 Å². The van der Waals surface area contributed by atoms with Crippen LogP contribution in [0.5, 0.6) is 0 Å². The summed E-state index contributed by atoms with van der Waals surface area (Å²) in [4.78, 5) is 22.0. The van der Waals surface area contributed by atoms with Crippen molar-refractivity contribution in [3.05, 3.63) is 52.1 Å². The summed E-state index contributed by atoms with van der Waals surface area (Å²) >= 11 is 0. The molecule has 0 bridgehead atoms. The summed E-state index contributed by atoms with van der Waals surface area (Å²) in [7, 11) is 0. The minimum absolute atomic E-state index is 0.0348. The Bertz CT molecular complexity index is 507. The second-order valence-electron chi connectivity index (χ2n) is 4.81. The van der Waals surface area contributed by atoms with Crippen molar-refractivity contribution >= 4 is 11.7 Å².